The number of nitrogens with two attached hydrogens (primary N) is 1. The fourth-order valence-corrected chi connectivity index (χ4v) is 3.10. The van der Waals surface area contributed by atoms with Gasteiger partial charge in [-0.1, -0.05) is 17.7 Å². The molecule has 0 unspecified atom stereocenters. The summed E-state index contributed by atoms with van der Waals surface area (Å²) in [5.74, 6) is -1.37. The van der Waals surface area contributed by atoms with Gasteiger partial charge in [0.25, 0.3) is 5.88 Å². The first-order valence-electron chi connectivity index (χ1n) is 8.19. The second-order valence-electron chi connectivity index (χ2n) is 6.07. The molecular formula is C18H12ClF3N6O. The fourth-order valence-electron chi connectivity index (χ4n) is 2.82. The average molecular weight is 421 g/mol. The van der Waals surface area contributed by atoms with E-state index in [1.54, 1.807) is 49.8 Å². The average Bonchev–Trinajstić information content (AvgIpc) is 3.08. The number of aromatic nitrogens is 5. The van der Waals surface area contributed by atoms with Gasteiger partial charge >= 0.3 is 6.36 Å². The van der Waals surface area contributed by atoms with Crippen LogP contribution < -0.4 is 10.5 Å². The molecule has 3 heterocycles. The van der Waals surface area contributed by atoms with E-state index in [0.29, 0.717) is 27.2 Å². The summed E-state index contributed by atoms with van der Waals surface area (Å²) in [6.07, 6.45) is -1.72. The summed E-state index contributed by atoms with van der Waals surface area (Å²) in [5.41, 5.74) is 7.29. The van der Waals surface area contributed by atoms with Crippen molar-refractivity contribution in [3.05, 3.63) is 47.7 Å². The summed E-state index contributed by atoms with van der Waals surface area (Å²) in [5, 5.41) is 5.23. The molecule has 4 aromatic rings. The van der Waals surface area contributed by atoms with Gasteiger partial charge in [-0.2, -0.15) is 5.10 Å². The number of nitrogens with zero attached hydrogens (tertiary/aromatic N) is 5. The highest BCUT2D eigenvalue weighted by Crippen LogP contribution is 2.37. The van der Waals surface area contributed by atoms with E-state index in [1.807, 2.05) is 0 Å². The van der Waals surface area contributed by atoms with Gasteiger partial charge in [-0.15, -0.1) is 13.2 Å². The summed E-state index contributed by atoms with van der Waals surface area (Å²) in [7, 11) is 1.69. The lowest BCUT2D eigenvalue weighted by Gasteiger charge is -2.14. The fraction of sp³-hybridized carbons (Fsp3) is 0.111. The van der Waals surface area contributed by atoms with E-state index in [9.17, 15) is 13.2 Å². The minimum Gasteiger partial charge on any atom is -0.384 e. The van der Waals surface area contributed by atoms with E-state index in [0.717, 1.165) is 0 Å². The lowest BCUT2D eigenvalue weighted by atomic mass is 10.0. The Hall–Kier alpha value is -3.40. The van der Waals surface area contributed by atoms with Gasteiger partial charge in [-0.05, 0) is 24.3 Å². The van der Waals surface area contributed by atoms with Crippen LogP contribution in [0.3, 0.4) is 0 Å². The molecule has 0 aliphatic carbocycles. The Kier molecular flexibility index (Phi) is 4.50. The van der Waals surface area contributed by atoms with Crippen LogP contribution >= 0.6 is 11.6 Å². The summed E-state index contributed by atoms with van der Waals surface area (Å²) >= 11 is 6.33. The predicted octanol–water partition coefficient (Wildman–Crippen LogP) is 4.23. The van der Waals surface area contributed by atoms with E-state index in [4.69, 9.17) is 17.3 Å². The van der Waals surface area contributed by atoms with Gasteiger partial charge in [0.05, 0.1) is 10.5 Å². The maximum atomic E-state index is 12.8. The smallest absolute Gasteiger partial charge is 0.384 e. The van der Waals surface area contributed by atoms with Crippen molar-refractivity contribution in [3.8, 4) is 28.5 Å². The van der Waals surface area contributed by atoms with Crippen LogP contribution in [0.4, 0.5) is 19.0 Å². The van der Waals surface area contributed by atoms with Crippen LogP contribution in [0.2, 0.25) is 5.02 Å². The highest BCUT2D eigenvalue weighted by Gasteiger charge is 2.34. The zero-order valence-corrected chi connectivity index (χ0v) is 15.5. The molecule has 3 aromatic heterocycles. The van der Waals surface area contributed by atoms with E-state index in [-0.39, 0.29) is 11.4 Å². The zero-order chi connectivity index (χ0) is 20.8. The highest BCUT2D eigenvalue weighted by atomic mass is 35.5. The van der Waals surface area contributed by atoms with Crippen LogP contribution in [0.1, 0.15) is 0 Å². The minimum atomic E-state index is -4.97. The van der Waals surface area contributed by atoms with Crippen molar-refractivity contribution in [2.45, 2.75) is 6.36 Å². The molecule has 148 valence electrons. The van der Waals surface area contributed by atoms with Crippen LogP contribution in [0.15, 0.2) is 42.7 Å². The number of rotatable bonds is 3. The highest BCUT2D eigenvalue weighted by molar-refractivity contribution is 6.35. The van der Waals surface area contributed by atoms with Crippen molar-refractivity contribution in [2.75, 3.05) is 5.73 Å². The first kappa shape index (κ1) is 18.9. The molecule has 0 aliphatic heterocycles. The largest absolute Gasteiger partial charge is 0.574 e. The third kappa shape index (κ3) is 3.79. The summed E-state index contributed by atoms with van der Waals surface area (Å²) in [6.45, 7) is 0. The Labute approximate surface area is 166 Å². The molecular weight excluding hydrogens is 409 g/mol. The molecule has 0 aliphatic rings. The molecule has 0 bridgehead atoms. The van der Waals surface area contributed by atoms with Crippen molar-refractivity contribution in [1.82, 2.24) is 24.7 Å². The van der Waals surface area contributed by atoms with Crippen LogP contribution in [-0.4, -0.2) is 31.1 Å². The number of anilines is 1. The molecule has 0 radical (unpaired) electrons. The molecule has 0 spiro atoms. The lowest BCUT2D eigenvalue weighted by molar-refractivity contribution is -0.275. The number of pyridine rings is 1. The summed E-state index contributed by atoms with van der Waals surface area (Å²) in [6, 6.07) is 8.37. The van der Waals surface area contributed by atoms with Crippen molar-refractivity contribution in [1.29, 1.82) is 0 Å². The Morgan fingerprint density at radius 3 is 2.62 bits per heavy atom. The van der Waals surface area contributed by atoms with Crippen LogP contribution in [0.5, 0.6) is 5.88 Å². The number of hydrogen-bond donors (Lipinski definition) is 1. The van der Waals surface area contributed by atoms with Gasteiger partial charge in [-0.25, -0.2) is 9.97 Å². The van der Waals surface area contributed by atoms with Gasteiger partial charge in [0.15, 0.2) is 5.82 Å². The molecule has 4 rings (SSSR count). The van der Waals surface area contributed by atoms with Crippen molar-refractivity contribution in [3.63, 3.8) is 0 Å². The number of nitrogen functional groups attached to an aromatic ring is 1. The monoisotopic (exact) mass is 420 g/mol. The molecule has 7 nitrogen and oxygen atoms in total. The Morgan fingerprint density at radius 2 is 1.93 bits per heavy atom. The predicted molar refractivity (Wildman–Crippen MR) is 101 cm³/mol. The first-order chi connectivity index (χ1) is 13.7. The van der Waals surface area contributed by atoms with Gasteiger partial charge in [0.2, 0.25) is 0 Å². The Bertz CT molecular complexity index is 1220. The quantitative estimate of drug-likeness (QED) is 0.533. The zero-order valence-electron chi connectivity index (χ0n) is 14.8. The van der Waals surface area contributed by atoms with Crippen molar-refractivity contribution in [2.24, 2.45) is 7.05 Å². The summed E-state index contributed by atoms with van der Waals surface area (Å²) in [4.78, 5) is 12.3. The van der Waals surface area contributed by atoms with Crippen LogP contribution in [0.25, 0.3) is 33.5 Å². The number of benzene rings is 1. The molecule has 0 saturated carbocycles. The molecule has 1 aromatic carbocycles. The van der Waals surface area contributed by atoms with Crippen molar-refractivity contribution < 1.29 is 17.9 Å². The van der Waals surface area contributed by atoms with Crippen molar-refractivity contribution >= 4 is 28.3 Å². The number of fused-ring (bicyclic) bond motifs is 1. The SMILES string of the molecule is Cn1ccc(-c2nc(N)c(OC(F)(F)F)nc2-c2cc(Cl)c3ncccc3c2)n1. The lowest BCUT2D eigenvalue weighted by Crippen LogP contribution is -2.19. The third-order valence-electron chi connectivity index (χ3n) is 3.99. The normalized spacial score (nSPS) is 11.8. The second-order valence-corrected chi connectivity index (χ2v) is 6.47. The topological polar surface area (TPSA) is 91.7 Å². The standard InChI is InChI=1S/C18H12ClF3N6O/c1-28-6-4-12(27-28)15-14(26-17(16(23)25-15)29-18(20,21)22)10-7-9-3-2-5-24-13(9)11(19)8-10/h2-8H,1H3,(H2,23,25). The number of hydrogen-bond acceptors (Lipinski definition) is 6. The molecule has 0 fully saturated rings. The number of ether oxygens (including phenoxy) is 1. The molecule has 29 heavy (non-hydrogen) atoms. The second kappa shape index (κ2) is 6.89. The summed E-state index contributed by atoms with van der Waals surface area (Å²) < 4.78 is 43.8. The Balaban J connectivity index is 1.98. The van der Waals surface area contributed by atoms with Gasteiger partial charge < -0.3 is 10.5 Å². The third-order valence-corrected chi connectivity index (χ3v) is 4.28. The van der Waals surface area contributed by atoms with E-state index >= 15 is 0 Å². The van der Waals surface area contributed by atoms with E-state index in [1.165, 1.54) is 4.68 Å². The van der Waals surface area contributed by atoms with Gasteiger partial charge in [0.1, 0.15) is 17.1 Å². The number of aryl methyl sites for hydroxylation is 1. The molecule has 0 atom stereocenters. The Morgan fingerprint density at radius 1 is 1.14 bits per heavy atom. The molecule has 0 saturated heterocycles. The first-order valence-corrected chi connectivity index (χ1v) is 8.57. The molecule has 2 N–H and O–H groups in total. The maximum absolute atomic E-state index is 12.8. The van der Waals surface area contributed by atoms with Gasteiger partial charge in [0, 0.05) is 30.4 Å². The van der Waals surface area contributed by atoms with Crippen LogP contribution in [-0.2, 0) is 7.05 Å². The number of alkyl halides is 3. The van der Waals surface area contributed by atoms with E-state index < -0.39 is 18.1 Å². The molecule has 11 heteroatoms. The number of halogens is 4. The molecule has 0 amide bonds. The minimum absolute atomic E-state index is 0.0878. The van der Waals surface area contributed by atoms with E-state index in [2.05, 4.69) is 24.8 Å². The van der Waals surface area contributed by atoms with Crippen LogP contribution in [0, 0.1) is 0 Å². The van der Waals surface area contributed by atoms with Gasteiger partial charge in [-0.3, -0.25) is 9.67 Å². The maximum Gasteiger partial charge on any atom is 0.574 e.